The number of carbonyl (C=O) groups excluding carboxylic acids is 2. The molecule has 2 amide bonds. The predicted octanol–water partition coefficient (Wildman–Crippen LogP) is 1.69. The van der Waals surface area contributed by atoms with Crippen LogP contribution in [0.25, 0.3) is 0 Å². The summed E-state index contributed by atoms with van der Waals surface area (Å²) in [5, 5.41) is 11.4. The van der Waals surface area contributed by atoms with Crippen LogP contribution in [0.4, 0.5) is 0 Å². The predicted molar refractivity (Wildman–Crippen MR) is 75.8 cm³/mol. The van der Waals surface area contributed by atoms with Gasteiger partial charge in [0.2, 0.25) is 0 Å². The number of pyridine rings is 1. The minimum atomic E-state index is -0.763. The SMILES string of the molecule is C[C@@H](NC(=O)c1cccc(C(=O)NO)n1)c1ccccc1. The Labute approximate surface area is 121 Å². The Hall–Kier alpha value is -2.73. The summed E-state index contributed by atoms with van der Waals surface area (Å²) in [4.78, 5) is 27.3. The van der Waals surface area contributed by atoms with Gasteiger partial charge in [0.15, 0.2) is 0 Å². The molecule has 2 rings (SSSR count). The van der Waals surface area contributed by atoms with E-state index < -0.39 is 5.91 Å². The lowest BCUT2D eigenvalue weighted by atomic mass is 10.1. The normalized spacial score (nSPS) is 11.5. The highest BCUT2D eigenvalue weighted by atomic mass is 16.5. The molecule has 1 atom stereocenters. The molecule has 6 heteroatoms. The Bertz CT molecular complexity index is 644. The quantitative estimate of drug-likeness (QED) is 0.589. The number of carbonyl (C=O) groups is 2. The first kappa shape index (κ1) is 14.7. The van der Waals surface area contributed by atoms with Crippen LogP contribution in [0.5, 0.6) is 0 Å². The number of hydrogen-bond acceptors (Lipinski definition) is 4. The molecule has 6 nitrogen and oxygen atoms in total. The second-order valence-electron chi connectivity index (χ2n) is 4.45. The number of hydrogen-bond donors (Lipinski definition) is 3. The van der Waals surface area contributed by atoms with E-state index in [1.807, 2.05) is 37.3 Å². The third-order valence-electron chi connectivity index (χ3n) is 2.96. The zero-order chi connectivity index (χ0) is 15.2. The Morgan fingerprint density at radius 3 is 2.24 bits per heavy atom. The fraction of sp³-hybridized carbons (Fsp3) is 0.133. The average Bonchev–Trinajstić information content (AvgIpc) is 2.55. The Morgan fingerprint density at radius 1 is 1.00 bits per heavy atom. The van der Waals surface area contributed by atoms with Crippen molar-refractivity contribution in [3.63, 3.8) is 0 Å². The van der Waals surface area contributed by atoms with Crippen molar-refractivity contribution in [1.29, 1.82) is 0 Å². The van der Waals surface area contributed by atoms with Crippen molar-refractivity contribution in [2.24, 2.45) is 0 Å². The molecule has 1 aromatic heterocycles. The molecule has 0 radical (unpaired) electrons. The summed E-state index contributed by atoms with van der Waals surface area (Å²) in [6.45, 7) is 1.86. The molecule has 0 unspecified atom stereocenters. The van der Waals surface area contributed by atoms with E-state index in [2.05, 4.69) is 10.3 Å². The molecule has 0 saturated heterocycles. The third-order valence-corrected chi connectivity index (χ3v) is 2.96. The molecule has 1 aromatic carbocycles. The molecule has 0 saturated carbocycles. The van der Waals surface area contributed by atoms with Crippen LogP contribution in [-0.4, -0.2) is 22.0 Å². The van der Waals surface area contributed by atoms with Crippen LogP contribution in [0.2, 0.25) is 0 Å². The Morgan fingerprint density at radius 2 is 1.62 bits per heavy atom. The number of benzene rings is 1. The van der Waals surface area contributed by atoms with Crippen molar-refractivity contribution < 1.29 is 14.8 Å². The number of hydroxylamine groups is 1. The zero-order valence-electron chi connectivity index (χ0n) is 11.4. The average molecular weight is 285 g/mol. The topological polar surface area (TPSA) is 91.3 Å². The second kappa shape index (κ2) is 6.62. The number of nitrogens with one attached hydrogen (secondary N) is 2. The minimum absolute atomic E-state index is 0.0301. The summed E-state index contributed by atoms with van der Waals surface area (Å²) in [6.07, 6.45) is 0. The van der Waals surface area contributed by atoms with Gasteiger partial charge in [-0.2, -0.15) is 0 Å². The van der Waals surface area contributed by atoms with Crippen molar-refractivity contribution in [3.05, 3.63) is 65.5 Å². The van der Waals surface area contributed by atoms with Crippen molar-refractivity contribution >= 4 is 11.8 Å². The van der Waals surface area contributed by atoms with Gasteiger partial charge in [-0.1, -0.05) is 36.4 Å². The zero-order valence-corrected chi connectivity index (χ0v) is 11.4. The molecule has 0 aliphatic rings. The molecular formula is C15H15N3O3. The molecule has 1 heterocycles. The largest absolute Gasteiger partial charge is 0.344 e. The second-order valence-corrected chi connectivity index (χ2v) is 4.45. The van der Waals surface area contributed by atoms with Gasteiger partial charge >= 0.3 is 0 Å². The third kappa shape index (κ3) is 3.64. The molecular weight excluding hydrogens is 270 g/mol. The standard InChI is InChI=1S/C15H15N3O3/c1-10(11-6-3-2-4-7-11)16-14(19)12-8-5-9-13(17-12)15(20)18-21/h2-10,21H,1H3,(H,16,19)(H,18,20)/t10-/m1/s1. The van der Waals surface area contributed by atoms with Crippen molar-refractivity contribution in [3.8, 4) is 0 Å². The van der Waals surface area contributed by atoms with Crippen LogP contribution in [0.15, 0.2) is 48.5 Å². The van der Waals surface area contributed by atoms with Crippen molar-refractivity contribution in [1.82, 2.24) is 15.8 Å². The van der Waals surface area contributed by atoms with Gasteiger partial charge in [-0.15, -0.1) is 0 Å². The summed E-state index contributed by atoms with van der Waals surface area (Å²) in [5.41, 5.74) is 2.53. The molecule has 21 heavy (non-hydrogen) atoms. The maximum absolute atomic E-state index is 12.1. The van der Waals surface area contributed by atoms with Crippen molar-refractivity contribution in [2.45, 2.75) is 13.0 Å². The highest BCUT2D eigenvalue weighted by Gasteiger charge is 2.14. The van der Waals surface area contributed by atoms with Crippen molar-refractivity contribution in [2.75, 3.05) is 0 Å². The lowest BCUT2D eigenvalue weighted by Crippen LogP contribution is -2.28. The molecule has 0 aliphatic heterocycles. The lowest BCUT2D eigenvalue weighted by Gasteiger charge is -2.14. The summed E-state index contributed by atoms with van der Waals surface area (Å²) >= 11 is 0. The summed E-state index contributed by atoms with van der Waals surface area (Å²) < 4.78 is 0. The maximum atomic E-state index is 12.1. The van der Waals surface area contributed by atoms with E-state index in [4.69, 9.17) is 5.21 Å². The monoisotopic (exact) mass is 285 g/mol. The van der Waals surface area contributed by atoms with E-state index in [-0.39, 0.29) is 23.3 Å². The fourth-order valence-corrected chi connectivity index (χ4v) is 1.84. The van der Waals surface area contributed by atoms with Gasteiger partial charge in [0.05, 0.1) is 6.04 Å². The van der Waals surface area contributed by atoms with Gasteiger partial charge in [0.25, 0.3) is 11.8 Å². The molecule has 3 N–H and O–H groups in total. The molecule has 0 bridgehead atoms. The molecule has 108 valence electrons. The first-order valence-corrected chi connectivity index (χ1v) is 6.39. The van der Waals surface area contributed by atoms with Gasteiger partial charge in [0, 0.05) is 0 Å². The maximum Gasteiger partial charge on any atom is 0.293 e. The number of amides is 2. The van der Waals surface area contributed by atoms with Gasteiger partial charge in [-0.05, 0) is 24.6 Å². The molecule has 0 aliphatic carbocycles. The Balaban J connectivity index is 2.12. The molecule has 0 fully saturated rings. The van der Waals surface area contributed by atoms with Crippen LogP contribution < -0.4 is 10.8 Å². The number of nitrogens with zero attached hydrogens (tertiary/aromatic N) is 1. The number of rotatable bonds is 4. The number of aromatic nitrogens is 1. The van der Waals surface area contributed by atoms with E-state index in [1.165, 1.54) is 23.7 Å². The van der Waals surface area contributed by atoms with Gasteiger partial charge < -0.3 is 5.32 Å². The highest BCUT2D eigenvalue weighted by Crippen LogP contribution is 2.12. The minimum Gasteiger partial charge on any atom is -0.344 e. The van der Waals surface area contributed by atoms with Crippen LogP contribution in [0, 0.1) is 0 Å². The fourth-order valence-electron chi connectivity index (χ4n) is 1.84. The van der Waals surface area contributed by atoms with E-state index in [0.29, 0.717) is 0 Å². The van der Waals surface area contributed by atoms with Gasteiger partial charge in [0.1, 0.15) is 11.4 Å². The molecule has 0 spiro atoms. The molecule has 2 aromatic rings. The van der Waals surface area contributed by atoms with E-state index in [1.54, 1.807) is 0 Å². The van der Waals surface area contributed by atoms with Crippen LogP contribution in [0.3, 0.4) is 0 Å². The summed E-state index contributed by atoms with van der Waals surface area (Å²) in [5.74, 6) is -1.15. The summed E-state index contributed by atoms with van der Waals surface area (Å²) in [7, 11) is 0. The van der Waals surface area contributed by atoms with E-state index in [0.717, 1.165) is 5.56 Å². The van der Waals surface area contributed by atoms with Gasteiger partial charge in [-0.3, -0.25) is 14.8 Å². The lowest BCUT2D eigenvalue weighted by molar-refractivity contribution is 0.0700. The van der Waals surface area contributed by atoms with Crippen LogP contribution in [-0.2, 0) is 0 Å². The smallest absolute Gasteiger partial charge is 0.293 e. The van der Waals surface area contributed by atoms with E-state index >= 15 is 0 Å². The van der Waals surface area contributed by atoms with Crippen LogP contribution >= 0.6 is 0 Å². The summed E-state index contributed by atoms with van der Waals surface area (Å²) in [6, 6.07) is 13.8. The Kier molecular flexibility index (Phi) is 4.63. The highest BCUT2D eigenvalue weighted by molar-refractivity contribution is 5.96. The van der Waals surface area contributed by atoms with Crippen LogP contribution in [0.1, 0.15) is 39.5 Å². The van der Waals surface area contributed by atoms with E-state index in [9.17, 15) is 9.59 Å². The first-order valence-electron chi connectivity index (χ1n) is 6.39. The van der Waals surface area contributed by atoms with Gasteiger partial charge in [-0.25, -0.2) is 10.5 Å². The first-order chi connectivity index (χ1) is 10.1.